The summed E-state index contributed by atoms with van der Waals surface area (Å²) in [5.74, 6) is 2.68. The summed E-state index contributed by atoms with van der Waals surface area (Å²) >= 11 is 0. The summed E-state index contributed by atoms with van der Waals surface area (Å²) in [6.45, 7) is 11.1. The zero-order valence-corrected chi connectivity index (χ0v) is 20.0. The molecule has 32 heavy (non-hydrogen) atoms. The van der Waals surface area contributed by atoms with Crippen LogP contribution < -0.4 is 20.3 Å². The fourth-order valence-electron chi connectivity index (χ4n) is 4.06. The van der Waals surface area contributed by atoms with Crippen LogP contribution in [0.5, 0.6) is 5.75 Å². The number of hydrogen-bond acceptors (Lipinski definition) is 6. The highest BCUT2D eigenvalue weighted by Gasteiger charge is 2.17. The number of aliphatic imine (C=N–C) groups is 1. The van der Waals surface area contributed by atoms with Crippen LogP contribution in [-0.2, 0) is 19.4 Å². The predicted molar refractivity (Wildman–Crippen MR) is 130 cm³/mol. The zero-order chi connectivity index (χ0) is 22.8. The molecule has 1 aliphatic rings. The minimum absolute atomic E-state index is 0.683. The summed E-state index contributed by atoms with van der Waals surface area (Å²) in [7, 11) is 3.51. The topological polar surface area (TPSA) is 78.2 Å². The maximum Gasteiger partial charge on any atom is 0.191 e. The van der Waals surface area contributed by atoms with E-state index in [9.17, 15) is 0 Å². The Hall–Kier alpha value is -2.74. The van der Waals surface area contributed by atoms with Crippen molar-refractivity contribution >= 4 is 11.6 Å². The molecule has 1 aromatic carbocycles. The van der Waals surface area contributed by atoms with E-state index in [1.807, 2.05) is 19.2 Å². The van der Waals surface area contributed by atoms with Gasteiger partial charge in [0.2, 0.25) is 0 Å². The van der Waals surface area contributed by atoms with Gasteiger partial charge in [0.1, 0.15) is 11.5 Å². The van der Waals surface area contributed by atoms with Crippen LogP contribution in [0.4, 0.5) is 5.69 Å². The van der Waals surface area contributed by atoms with Gasteiger partial charge in [-0.3, -0.25) is 9.89 Å². The summed E-state index contributed by atoms with van der Waals surface area (Å²) < 4.78 is 10.7. The number of guanidine groups is 1. The van der Waals surface area contributed by atoms with Gasteiger partial charge in [-0.25, -0.2) is 0 Å². The van der Waals surface area contributed by atoms with Crippen molar-refractivity contribution < 1.29 is 9.26 Å². The number of benzene rings is 1. The Balaban J connectivity index is 1.34. The van der Waals surface area contributed by atoms with Gasteiger partial charge in [0, 0.05) is 64.0 Å². The Morgan fingerprint density at radius 1 is 1.09 bits per heavy atom. The average molecular weight is 443 g/mol. The minimum atomic E-state index is 0.683. The van der Waals surface area contributed by atoms with E-state index in [0.717, 1.165) is 87.3 Å². The predicted octanol–water partition coefficient (Wildman–Crippen LogP) is 2.69. The third-order valence-electron chi connectivity index (χ3n) is 6.02. The molecule has 1 aliphatic heterocycles. The number of rotatable bonds is 10. The highest BCUT2D eigenvalue weighted by molar-refractivity contribution is 5.79. The molecule has 8 nitrogen and oxygen atoms in total. The lowest BCUT2D eigenvalue weighted by Gasteiger charge is -2.36. The summed E-state index contributed by atoms with van der Waals surface area (Å²) in [5, 5.41) is 11.0. The second kappa shape index (κ2) is 12.3. The number of methoxy groups -OCH3 is 1. The van der Waals surface area contributed by atoms with Gasteiger partial charge in [0.15, 0.2) is 5.96 Å². The highest BCUT2D eigenvalue weighted by Crippen LogP contribution is 2.20. The number of anilines is 1. The maximum absolute atomic E-state index is 5.45. The van der Waals surface area contributed by atoms with Crippen molar-refractivity contribution in [3.63, 3.8) is 0 Å². The van der Waals surface area contributed by atoms with E-state index in [0.29, 0.717) is 6.54 Å². The Morgan fingerprint density at radius 2 is 1.84 bits per heavy atom. The summed E-state index contributed by atoms with van der Waals surface area (Å²) in [4.78, 5) is 9.33. The van der Waals surface area contributed by atoms with Crippen molar-refractivity contribution in [1.82, 2.24) is 20.7 Å². The molecule has 1 fully saturated rings. The number of aromatic nitrogens is 1. The lowest BCUT2D eigenvalue weighted by molar-refractivity contribution is 0.255. The monoisotopic (exact) mass is 442 g/mol. The first-order valence-corrected chi connectivity index (χ1v) is 11.7. The number of hydrogen-bond donors (Lipinski definition) is 2. The SMILES string of the molecule is CCc1noc(CC)c1CNC(=NC)NCCCN1CCN(c2ccc(OC)cc2)CC1. The average Bonchev–Trinajstić information content (AvgIpc) is 3.26. The fourth-order valence-corrected chi connectivity index (χ4v) is 4.06. The molecule has 2 N–H and O–H groups in total. The van der Waals surface area contributed by atoms with Crippen molar-refractivity contribution in [3.05, 3.63) is 41.3 Å². The summed E-state index contributed by atoms with van der Waals surface area (Å²) in [6, 6.07) is 8.35. The van der Waals surface area contributed by atoms with Crippen molar-refractivity contribution in [3.8, 4) is 5.75 Å². The molecule has 8 heteroatoms. The second-order valence-electron chi connectivity index (χ2n) is 7.97. The molecule has 0 radical (unpaired) electrons. The Kier molecular flexibility index (Phi) is 9.22. The summed E-state index contributed by atoms with van der Waals surface area (Å²) in [5.41, 5.74) is 3.46. The zero-order valence-electron chi connectivity index (χ0n) is 20.0. The van der Waals surface area contributed by atoms with E-state index in [1.165, 1.54) is 5.69 Å². The molecule has 176 valence electrons. The third kappa shape index (κ3) is 6.38. The van der Waals surface area contributed by atoms with Gasteiger partial charge in [-0.1, -0.05) is 19.0 Å². The van der Waals surface area contributed by atoms with E-state index < -0.39 is 0 Å². The Morgan fingerprint density at radius 3 is 2.47 bits per heavy atom. The fraction of sp³-hybridized carbons (Fsp3) is 0.583. The van der Waals surface area contributed by atoms with Gasteiger partial charge in [-0.15, -0.1) is 0 Å². The van der Waals surface area contributed by atoms with E-state index in [1.54, 1.807) is 7.11 Å². The first-order chi connectivity index (χ1) is 15.7. The van der Waals surface area contributed by atoms with Gasteiger partial charge in [-0.2, -0.15) is 0 Å². The minimum Gasteiger partial charge on any atom is -0.497 e. The van der Waals surface area contributed by atoms with Crippen LogP contribution in [0.15, 0.2) is 33.8 Å². The van der Waals surface area contributed by atoms with Crippen molar-refractivity contribution in [2.75, 3.05) is 58.3 Å². The lowest BCUT2D eigenvalue weighted by Crippen LogP contribution is -2.47. The molecule has 0 saturated carbocycles. The molecular weight excluding hydrogens is 404 g/mol. The van der Waals surface area contributed by atoms with E-state index >= 15 is 0 Å². The number of piperazine rings is 1. The molecule has 1 aromatic heterocycles. The van der Waals surface area contributed by atoms with E-state index in [2.05, 4.69) is 56.6 Å². The normalized spacial score (nSPS) is 15.1. The molecule has 0 unspecified atom stereocenters. The Labute approximate surface area is 192 Å². The standard InChI is InChI=1S/C24H38N6O2/c1-5-22-21(23(6-2)32-28-22)18-27-24(25-3)26-12-7-13-29-14-16-30(17-15-29)19-8-10-20(31-4)11-9-19/h8-11H,5-7,12-18H2,1-4H3,(H2,25,26,27). The number of aryl methyl sites for hydroxylation is 2. The molecule has 3 rings (SSSR count). The number of nitrogens with one attached hydrogen (secondary N) is 2. The molecule has 2 aromatic rings. The van der Waals surface area contributed by atoms with Crippen molar-refractivity contribution in [1.29, 1.82) is 0 Å². The molecule has 0 atom stereocenters. The molecular formula is C24H38N6O2. The first kappa shape index (κ1) is 23.9. The van der Waals surface area contributed by atoms with Gasteiger partial charge in [0.25, 0.3) is 0 Å². The van der Waals surface area contributed by atoms with Gasteiger partial charge in [-0.05, 0) is 43.7 Å². The van der Waals surface area contributed by atoms with E-state index in [4.69, 9.17) is 9.26 Å². The third-order valence-corrected chi connectivity index (χ3v) is 6.02. The number of ether oxygens (including phenoxy) is 1. The second-order valence-corrected chi connectivity index (χ2v) is 7.97. The van der Waals surface area contributed by atoms with Crippen molar-refractivity contribution in [2.45, 2.75) is 39.7 Å². The van der Waals surface area contributed by atoms with Crippen LogP contribution in [0.3, 0.4) is 0 Å². The lowest BCUT2D eigenvalue weighted by atomic mass is 10.1. The van der Waals surface area contributed by atoms with Crippen LogP contribution in [0.2, 0.25) is 0 Å². The van der Waals surface area contributed by atoms with Crippen LogP contribution in [0, 0.1) is 0 Å². The molecule has 0 aliphatic carbocycles. The molecule has 0 amide bonds. The van der Waals surface area contributed by atoms with E-state index in [-0.39, 0.29) is 0 Å². The van der Waals surface area contributed by atoms with Crippen LogP contribution in [0.25, 0.3) is 0 Å². The van der Waals surface area contributed by atoms with Crippen LogP contribution in [-0.4, -0.2) is 69.4 Å². The highest BCUT2D eigenvalue weighted by atomic mass is 16.5. The Bertz CT molecular complexity index is 819. The maximum atomic E-state index is 5.45. The van der Waals surface area contributed by atoms with Crippen molar-refractivity contribution in [2.24, 2.45) is 4.99 Å². The quantitative estimate of drug-likeness (QED) is 0.333. The summed E-state index contributed by atoms with van der Waals surface area (Å²) in [6.07, 6.45) is 2.80. The van der Waals surface area contributed by atoms with Gasteiger partial charge in [0.05, 0.1) is 12.8 Å². The molecule has 0 bridgehead atoms. The van der Waals surface area contributed by atoms with Gasteiger partial charge < -0.3 is 24.8 Å². The molecule has 2 heterocycles. The molecule has 1 saturated heterocycles. The number of nitrogens with zero attached hydrogens (tertiary/aromatic N) is 4. The van der Waals surface area contributed by atoms with Gasteiger partial charge >= 0.3 is 0 Å². The van der Waals surface area contributed by atoms with Crippen LogP contribution in [0.1, 0.15) is 37.3 Å². The molecule has 0 spiro atoms. The smallest absolute Gasteiger partial charge is 0.191 e. The largest absolute Gasteiger partial charge is 0.497 e. The first-order valence-electron chi connectivity index (χ1n) is 11.7. The van der Waals surface area contributed by atoms with Crippen LogP contribution >= 0.6 is 0 Å².